The summed E-state index contributed by atoms with van der Waals surface area (Å²) in [7, 11) is 1.45. The van der Waals surface area contributed by atoms with E-state index in [0.29, 0.717) is 29.3 Å². The third-order valence-electron chi connectivity index (χ3n) is 5.06. The van der Waals surface area contributed by atoms with E-state index in [1.807, 2.05) is 0 Å². The van der Waals surface area contributed by atoms with Crippen molar-refractivity contribution in [3.8, 4) is 0 Å². The second kappa shape index (κ2) is 7.90. The summed E-state index contributed by atoms with van der Waals surface area (Å²) < 4.78 is 6.23. The number of anilines is 1. The van der Waals surface area contributed by atoms with Crippen LogP contribution in [0.4, 0.5) is 5.69 Å². The zero-order chi connectivity index (χ0) is 21.3. The minimum Gasteiger partial charge on any atom is -0.452 e. The molecule has 30 heavy (non-hydrogen) atoms. The van der Waals surface area contributed by atoms with Gasteiger partial charge in [0.25, 0.3) is 5.56 Å². The van der Waals surface area contributed by atoms with Gasteiger partial charge in [-0.05, 0) is 36.8 Å². The molecule has 8 heteroatoms. The fourth-order valence-electron chi connectivity index (χ4n) is 3.48. The lowest BCUT2D eigenvalue weighted by molar-refractivity contribution is -0.117. The first kappa shape index (κ1) is 19.5. The topological polar surface area (TPSA) is 98.6 Å². The number of hydrogen-bond acceptors (Lipinski definition) is 6. The van der Waals surface area contributed by atoms with Crippen LogP contribution in [0.5, 0.6) is 0 Å². The van der Waals surface area contributed by atoms with Crippen LogP contribution in [0.25, 0.3) is 10.8 Å². The van der Waals surface area contributed by atoms with Crippen molar-refractivity contribution in [1.82, 2.24) is 9.78 Å². The lowest BCUT2D eigenvalue weighted by atomic mass is 10.1. The number of benzene rings is 2. The second-order valence-corrected chi connectivity index (χ2v) is 7.02. The minimum atomic E-state index is -0.783. The predicted molar refractivity (Wildman–Crippen MR) is 110 cm³/mol. The molecular formula is C22H19N3O5. The van der Waals surface area contributed by atoms with Gasteiger partial charge in [0.05, 0.1) is 5.39 Å². The maximum Gasteiger partial charge on any atom is 0.359 e. The van der Waals surface area contributed by atoms with Crippen LogP contribution in [-0.2, 0) is 16.6 Å². The van der Waals surface area contributed by atoms with Crippen LogP contribution in [0.2, 0.25) is 0 Å². The molecule has 0 saturated carbocycles. The molecule has 0 unspecified atom stereocenters. The Kier molecular flexibility index (Phi) is 5.14. The molecule has 2 heterocycles. The molecule has 152 valence electrons. The molecule has 0 atom stereocenters. The molecule has 1 aliphatic heterocycles. The van der Waals surface area contributed by atoms with E-state index in [1.54, 1.807) is 53.4 Å². The smallest absolute Gasteiger partial charge is 0.359 e. The first-order valence-electron chi connectivity index (χ1n) is 9.52. The summed E-state index contributed by atoms with van der Waals surface area (Å²) in [6.45, 7) is 0.212. The highest BCUT2D eigenvalue weighted by Gasteiger charge is 2.22. The first-order chi connectivity index (χ1) is 14.5. The number of fused-ring (bicyclic) bond motifs is 1. The maximum absolute atomic E-state index is 12.5. The monoisotopic (exact) mass is 405 g/mol. The predicted octanol–water partition coefficient (Wildman–Crippen LogP) is 2.10. The van der Waals surface area contributed by atoms with Crippen molar-refractivity contribution in [2.75, 3.05) is 18.1 Å². The zero-order valence-corrected chi connectivity index (χ0v) is 16.3. The van der Waals surface area contributed by atoms with E-state index in [9.17, 15) is 19.2 Å². The van der Waals surface area contributed by atoms with E-state index in [-0.39, 0.29) is 22.9 Å². The van der Waals surface area contributed by atoms with Crippen LogP contribution in [0.3, 0.4) is 0 Å². The summed E-state index contributed by atoms with van der Waals surface area (Å²) in [5, 5.41) is 4.72. The van der Waals surface area contributed by atoms with Crippen LogP contribution >= 0.6 is 0 Å². The average molecular weight is 405 g/mol. The lowest BCUT2D eigenvalue weighted by Crippen LogP contribution is -2.25. The molecule has 2 aromatic carbocycles. The van der Waals surface area contributed by atoms with Gasteiger partial charge in [-0.3, -0.25) is 14.4 Å². The number of hydrogen-bond donors (Lipinski definition) is 0. The fraction of sp³-hybridized carbons (Fsp3) is 0.227. The zero-order valence-electron chi connectivity index (χ0n) is 16.3. The highest BCUT2D eigenvalue weighted by Crippen LogP contribution is 2.22. The number of ketones is 1. The Balaban J connectivity index is 1.47. The number of Topliss-reactive ketones (excluding diaryl/α,β-unsaturated/α-hetero) is 1. The standard InChI is InChI=1S/C22H19N3O5/c1-24-21(28)17-6-3-2-5-16(17)20(23-24)22(29)30-13-18(26)14-8-10-15(11-9-14)25-12-4-7-19(25)27/h2-3,5-6,8-11H,4,7,12-13H2,1H3. The van der Waals surface area contributed by atoms with E-state index >= 15 is 0 Å². The molecule has 0 aliphatic carbocycles. The van der Waals surface area contributed by atoms with E-state index in [2.05, 4.69) is 5.10 Å². The Morgan fingerprint density at radius 2 is 1.73 bits per heavy atom. The highest BCUT2D eigenvalue weighted by molar-refractivity contribution is 6.04. The fourth-order valence-corrected chi connectivity index (χ4v) is 3.48. The molecular weight excluding hydrogens is 386 g/mol. The van der Waals surface area contributed by atoms with Crippen molar-refractivity contribution < 1.29 is 19.1 Å². The summed E-state index contributed by atoms with van der Waals surface area (Å²) in [5.41, 5.74) is 0.765. The number of aromatic nitrogens is 2. The van der Waals surface area contributed by atoms with Crippen molar-refractivity contribution in [3.05, 3.63) is 70.1 Å². The number of esters is 1. The lowest BCUT2D eigenvalue weighted by Gasteiger charge is -2.15. The summed E-state index contributed by atoms with van der Waals surface area (Å²) >= 11 is 0. The first-order valence-corrected chi connectivity index (χ1v) is 9.52. The number of rotatable bonds is 5. The molecule has 1 aromatic heterocycles. The average Bonchev–Trinajstić information content (AvgIpc) is 3.20. The summed E-state index contributed by atoms with van der Waals surface area (Å²) in [6.07, 6.45) is 1.35. The van der Waals surface area contributed by atoms with Gasteiger partial charge in [-0.1, -0.05) is 18.2 Å². The maximum atomic E-state index is 12.5. The van der Waals surface area contributed by atoms with Crippen molar-refractivity contribution >= 4 is 34.1 Å². The Bertz CT molecular complexity index is 1210. The largest absolute Gasteiger partial charge is 0.452 e. The Labute approximate surface area is 171 Å². The van der Waals surface area contributed by atoms with Crippen LogP contribution in [0.1, 0.15) is 33.7 Å². The molecule has 0 radical (unpaired) electrons. The Hall–Kier alpha value is -3.81. The number of carbonyl (C=O) groups excluding carboxylic acids is 3. The normalized spacial score (nSPS) is 13.6. The Morgan fingerprint density at radius 3 is 2.40 bits per heavy atom. The number of carbonyl (C=O) groups is 3. The summed E-state index contributed by atoms with van der Waals surface area (Å²) in [5.74, 6) is -1.09. The molecule has 3 aromatic rings. The van der Waals surface area contributed by atoms with E-state index in [1.165, 1.54) is 7.05 Å². The van der Waals surface area contributed by atoms with Gasteiger partial charge in [0.1, 0.15) is 0 Å². The molecule has 1 saturated heterocycles. The van der Waals surface area contributed by atoms with Gasteiger partial charge in [0.15, 0.2) is 18.1 Å². The highest BCUT2D eigenvalue weighted by atomic mass is 16.5. The summed E-state index contributed by atoms with van der Waals surface area (Å²) in [6, 6.07) is 13.2. The molecule has 0 bridgehead atoms. The van der Waals surface area contributed by atoms with Crippen molar-refractivity contribution in [1.29, 1.82) is 0 Å². The van der Waals surface area contributed by atoms with E-state index < -0.39 is 12.6 Å². The van der Waals surface area contributed by atoms with Gasteiger partial charge < -0.3 is 9.64 Å². The van der Waals surface area contributed by atoms with Crippen molar-refractivity contribution in [3.63, 3.8) is 0 Å². The minimum absolute atomic E-state index is 0.0246. The molecule has 1 amide bonds. The third kappa shape index (κ3) is 3.59. The quantitative estimate of drug-likeness (QED) is 0.476. The molecule has 0 spiro atoms. The van der Waals surface area contributed by atoms with Crippen molar-refractivity contribution in [2.45, 2.75) is 12.8 Å². The molecule has 8 nitrogen and oxygen atoms in total. The van der Waals surface area contributed by atoms with E-state index in [4.69, 9.17) is 4.74 Å². The summed E-state index contributed by atoms with van der Waals surface area (Å²) in [4.78, 5) is 50.6. The number of nitrogens with zero attached hydrogens (tertiary/aromatic N) is 3. The Morgan fingerprint density at radius 1 is 1.03 bits per heavy atom. The molecule has 4 rings (SSSR count). The van der Waals surface area contributed by atoms with Crippen LogP contribution < -0.4 is 10.5 Å². The SMILES string of the molecule is Cn1nc(C(=O)OCC(=O)c2ccc(N3CCCC3=O)cc2)c2ccccc2c1=O. The van der Waals surface area contributed by atoms with Gasteiger partial charge in [0.2, 0.25) is 5.91 Å². The van der Waals surface area contributed by atoms with Crippen molar-refractivity contribution in [2.24, 2.45) is 7.05 Å². The van der Waals surface area contributed by atoms with Gasteiger partial charge in [-0.2, -0.15) is 5.10 Å². The number of amides is 1. The van der Waals surface area contributed by atoms with Crippen LogP contribution in [-0.4, -0.2) is 40.6 Å². The van der Waals surface area contributed by atoms with Crippen LogP contribution in [0, 0.1) is 0 Å². The van der Waals surface area contributed by atoms with Gasteiger partial charge in [-0.25, -0.2) is 9.48 Å². The second-order valence-electron chi connectivity index (χ2n) is 7.02. The molecule has 1 fully saturated rings. The third-order valence-corrected chi connectivity index (χ3v) is 5.06. The van der Waals surface area contributed by atoms with Gasteiger partial charge in [0, 0.05) is 36.7 Å². The number of ether oxygens (including phenoxy) is 1. The van der Waals surface area contributed by atoms with Crippen LogP contribution in [0.15, 0.2) is 53.3 Å². The number of aryl methyl sites for hydroxylation is 1. The van der Waals surface area contributed by atoms with Gasteiger partial charge in [-0.15, -0.1) is 0 Å². The van der Waals surface area contributed by atoms with E-state index in [0.717, 1.165) is 16.8 Å². The van der Waals surface area contributed by atoms with Gasteiger partial charge >= 0.3 is 5.97 Å². The molecule has 1 aliphatic rings. The molecule has 0 N–H and O–H groups in total.